The molecule has 0 bridgehead atoms. The van der Waals surface area contributed by atoms with E-state index >= 15 is 0 Å². The smallest absolute Gasteiger partial charge is 0.333 e. The third kappa shape index (κ3) is 3.57. The number of benzene rings is 2. The van der Waals surface area contributed by atoms with Crippen molar-refractivity contribution in [2.75, 3.05) is 13.7 Å². The van der Waals surface area contributed by atoms with Crippen molar-refractivity contribution in [3.63, 3.8) is 0 Å². The second-order valence-electron chi connectivity index (χ2n) is 5.79. The molecule has 0 radical (unpaired) electrons. The average molecular weight is 353 g/mol. The molecule has 0 aliphatic heterocycles. The molecule has 7 nitrogen and oxygen atoms in total. The van der Waals surface area contributed by atoms with Crippen LogP contribution in [0.5, 0.6) is 5.75 Å². The van der Waals surface area contributed by atoms with E-state index in [1.807, 2.05) is 18.2 Å². The lowest BCUT2D eigenvalue weighted by molar-refractivity contribution is -0.146. The molecule has 26 heavy (non-hydrogen) atoms. The monoisotopic (exact) mass is 353 g/mol. The standard InChI is InChI=1S/C19H19N3O4/c1-12(2)19(24)26-18(11-23)13-4-6-14(7-5-13)22-20-16-9-8-15(25-3)10-17(16)21-22/h4-10,18,23H,1,11H2,2-3H3. The molecule has 1 atom stereocenters. The lowest BCUT2D eigenvalue weighted by atomic mass is 10.1. The number of methoxy groups -OCH3 is 1. The van der Waals surface area contributed by atoms with Crippen LogP contribution in [-0.4, -0.2) is 39.8 Å². The Hall–Kier alpha value is -3.19. The largest absolute Gasteiger partial charge is 0.497 e. The molecule has 0 amide bonds. The number of aliphatic hydroxyl groups is 1. The van der Waals surface area contributed by atoms with Gasteiger partial charge in [-0.3, -0.25) is 0 Å². The normalized spacial score (nSPS) is 12.0. The van der Waals surface area contributed by atoms with Crippen LogP contribution in [-0.2, 0) is 9.53 Å². The van der Waals surface area contributed by atoms with Crippen LogP contribution in [0.1, 0.15) is 18.6 Å². The van der Waals surface area contributed by atoms with E-state index in [0.29, 0.717) is 11.3 Å². The summed E-state index contributed by atoms with van der Waals surface area (Å²) in [6, 6.07) is 12.6. The zero-order chi connectivity index (χ0) is 18.7. The molecule has 1 N–H and O–H groups in total. The minimum atomic E-state index is -0.748. The van der Waals surface area contributed by atoms with Gasteiger partial charge < -0.3 is 14.6 Å². The van der Waals surface area contributed by atoms with Crippen LogP contribution in [0.4, 0.5) is 0 Å². The first kappa shape index (κ1) is 17.6. The number of ether oxygens (including phenoxy) is 2. The number of esters is 1. The second-order valence-corrected chi connectivity index (χ2v) is 5.79. The summed E-state index contributed by atoms with van der Waals surface area (Å²) < 4.78 is 10.4. The molecule has 0 aliphatic carbocycles. The van der Waals surface area contributed by atoms with Gasteiger partial charge in [-0.05, 0) is 36.8 Å². The topological polar surface area (TPSA) is 86.5 Å². The number of fused-ring (bicyclic) bond motifs is 1. The first-order valence-electron chi connectivity index (χ1n) is 8.00. The molecule has 1 heterocycles. The van der Waals surface area contributed by atoms with Crippen molar-refractivity contribution in [2.45, 2.75) is 13.0 Å². The summed E-state index contributed by atoms with van der Waals surface area (Å²) in [6.07, 6.45) is -0.748. The molecular weight excluding hydrogens is 334 g/mol. The minimum Gasteiger partial charge on any atom is -0.497 e. The Morgan fingerprint density at radius 2 is 1.88 bits per heavy atom. The zero-order valence-electron chi connectivity index (χ0n) is 14.5. The lowest BCUT2D eigenvalue weighted by Crippen LogP contribution is -2.15. The number of carbonyl (C=O) groups excluding carboxylic acids is 1. The fourth-order valence-electron chi connectivity index (χ4n) is 2.40. The highest BCUT2D eigenvalue weighted by Crippen LogP contribution is 2.22. The highest BCUT2D eigenvalue weighted by Gasteiger charge is 2.16. The molecule has 0 fully saturated rings. The van der Waals surface area contributed by atoms with E-state index < -0.39 is 12.1 Å². The van der Waals surface area contributed by atoms with Crippen LogP contribution in [0.3, 0.4) is 0 Å². The van der Waals surface area contributed by atoms with Gasteiger partial charge in [0.15, 0.2) is 6.10 Å². The van der Waals surface area contributed by atoms with Crippen LogP contribution in [0.25, 0.3) is 16.7 Å². The summed E-state index contributed by atoms with van der Waals surface area (Å²) in [5.41, 5.74) is 3.16. The first-order chi connectivity index (χ1) is 12.5. The molecule has 2 aromatic carbocycles. The van der Waals surface area contributed by atoms with E-state index in [1.165, 1.54) is 4.80 Å². The molecule has 0 aliphatic rings. The Labute approximate surface area is 150 Å². The number of carbonyl (C=O) groups is 1. The highest BCUT2D eigenvalue weighted by atomic mass is 16.6. The van der Waals surface area contributed by atoms with Crippen LogP contribution >= 0.6 is 0 Å². The predicted octanol–water partition coefficient (Wildman–Crippen LogP) is 2.58. The predicted molar refractivity (Wildman–Crippen MR) is 96.1 cm³/mol. The van der Waals surface area contributed by atoms with Gasteiger partial charge in [-0.2, -0.15) is 4.80 Å². The molecule has 1 unspecified atom stereocenters. The van der Waals surface area contributed by atoms with E-state index in [2.05, 4.69) is 16.8 Å². The minimum absolute atomic E-state index is 0.280. The highest BCUT2D eigenvalue weighted by molar-refractivity contribution is 5.87. The summed E-state index contributed by atoms with van der Waals surface area (Å²) in [6.45, 7) is 4.78. The van der Waals surface area contributed by atoms with Gasteiger partial charge in [-0.15, -0.1) is 10.2 Å². The Morgan fingerprint density at radius 3 is 2.50 bits per heavy atom. The Bertz CT molecular complexity index is 947. The molecule has 0 spiro atoms. The van der Waals surface area contributed by atoms with E-state index in [9.17, 15) is 9.90 Å². The quantitative estimate of drug-likeness (QED) is 0.541. The van der Waals surface area contributed by atoms with Crippen molar-refractivity contribution < 1.29 is 19.4 Å². The van der Waals surface area contributed by atoms with Crippen LogP contribution in [0, 0.1) is 0 Å². The first-order valence-corrected chi connectivity index (χ1v) is 8.00. The summed E-state index contributed by atoms with van der Waals surface area (Å²) in [5, 5.41) is 18.4. The second kappa shape index (κ2) is 7.37. The van der Waals surface area contributed by atoms with Crippen LogP contribution < -0.4 is 4.74 Å². The third-order valence-corrected chi connectivity index (χ3v) is 3.85. The SMILES string of the molecule is C=C(C)C(=O)OC(CO)c1ccc(-n2nc3ccc(OC)cc3n2)cc1. The molecule has 7 heteroatoms. The molecule has 134 valence electrons. The average Bonchev–Trinajstić information content (AvgIpc) is 3.09. The van der Waals surface area contributed by atoms with Crippen molar-refractivity contribution in [2.24, 2.45) is 0 Å². The number of hydrogen-bond donors (Lipinski definition) is 1. The number of aromatic nitrogens is 3. The van der Waals surface area contributed by atoms with Gasteiger partial charge in [0.25, 0.3) is 0 Å². The maximum Gasteiger partial charge on any atom is 0.333 e. The van der Waals surface area contributed by atoms with Gasteiger partial charge in [0.1, 0.15) is 16.8 Å². The van der Waals surface area contributed by atoms with Gasteiger partial charge >= 0.3 is 5.97 Å². The van der Waals surface area contributed by atoms with Gasteiger partial charge in [-0.25, -0.2) is 4.79 Å². The molecule has 1 aromatic heterocycles. The van der Waals surface area contributed by atoms with Crippen molar-refractivity contribution in [3.8, 4) is 11.4 Å². The fourth-order valence-corrected chi connectivity index (χ4v) is 2.40. The van der Waals surface area contributed by atoms with Gasteiger partial charge in [0.2, 0.25) is 0 Å². The van der Waals surface area contributed by atoms with E-state index in [-0.39, 0.29) is 12.2 Å². The maximum absolute atomic E-state index is 11.7. The van der Waals surface area contributed by atoms with E-state index in [0.717, 1.165) is 16.7 Å². The number of rotatable bonds is 6. The maximum atomic E-state index is 11.7. The number of nitrogens with zero attached hydrogens (tertiary/aromatic N) is 3. The molecule has 0 saturated carbocycles. The number of aliphatic hydroxyl groups excluding tert-OH is 1. The Morgan fingerprint density at radius 1 is 1.19 bits per heavy atom. The van der Waals surface area contributed by atoms with Crippen LogP contribution in [0.15, 0.2) is 54.6 Å². The van der Waals surface area contributed by atoms with Gasteiger partial charge in [-0.1, -0.05) is 18.7 Å². The summed E-state index contributed by atoms with van der Waals surface area (Å²) >= 11 is 0. The summed E-state index contributed by atoms with van der Waals surface area (Å²) in [4.78, 5) is 13.2. The van der Waals surface area contributed by atoms with E-state index in [1.54, 1.807) is 38.3 Å². The van der Waals surface area contributed by atoms with Crippen molar-refractivity contribution in [1.29, 1.82) is 0 Å². The zero-order valence-corrected chi connectivity index (χ0v) is 14.5. The molecule has 0 saturated heterocycles. The molecule has 3 rings (SSSR count). The third-order valence-electron chi connectivity index (χ3n) is 3.85. The summed E-state index contributed by atoms with van der Waals surface area (Å²) in [7, 11) is 1.60. The van der Waals surface area contributed by atoms with Crippen molar-refractivity contribution in [1.82, 2.24) is 15.0 Å². The van der Waals surface area contributed by atoms with E-state index in [4.69, 9.17) is 9.47 Å². The van der Waals surface area contributed by atoms with Gasteiger partial charge in [0.05, 0.1) is 19.4 Å². The number of hydrogen-bond acceptors (Lipinski definition) is 6. The van der Waals surface area contributed by atoms with Gasteiger partial charge in [0, 0.05) is 11.6 Å². The fraction of sp³-hybridized carbons (Fsp3) is 0.211. The lowest BCUT2D eigenvalue weighted by Gasteiger charge is -2.16. The summed E-state index contributed by atoms with van der Waals surface area (Å²) in [5.74, 6) is 0.173. The Balaban J connectivity index is 1.84. The Kier molecular flexibility index (Phi) is 4.99. The van der Waals surface area contributed by atoms with Crippen molar-refractivity contribution >= 4 is 17.0 Å². The molecule has 3 aromatic rings. The van der Waals surface area contributed by atoms with Crippen LogP contribution in [0.2, 0.25) is 0 Å². The molecular formula is C19H19N3O4. The van der Waals surface area contributed by atoms with Crippen molar-refractivity contribution in [3.05, 3.63) is 60.2 Å².